The van der Waals surface area contributed by atoms with E-state index in [1.54, 1.807) is 6.07 Å². The second-order valence-corrected chi connectivity index (χ2v) is 8.18. The molecule has 2 aromatic carbocycles. The van der Waals surface area contributed by atoms with Gasteiger partial charge in [-0.2, -0.15) is 0 Å². The van der Waals surface area contributed by atoms with E-state index >= 15 is 0 Å². The molecule has 0 aliphatic carbocycles. The van der Waals surface area contributed by atoms with Gasteiger partial charge in [0.1, 0.15) is 0 Å². The fourth-order valence-electron chi connectivity index (χ4n) is 2.81. The Hall–Kier alpha value is -2.34. The summed E-state index contributed by atoms with van der Waals surface area (Å²) in [5.74, 6) is -0.170. The Kier molecular flexibility index (Phi) is 6.80. The Morgan fingerprint density at radius 2 is 1.65 bits per heavy atom. The average molecular weight is 375 g/mol. The first-order valence-electron chi connectivity index (χ1n) is 8.69. The molecule has 0 bridgehead atoms. The molecule has 1 N–H and O–H groups in total. The van der Waals surface area contributed by atoms with Crippen LogP contribution in [0.5, 0.6) is 0 Å². The normalized spacial score (nSPS) is 11.2. The quantitative estimate of drug-likeness (QED) is 0.772. The summed E-state index contributed by atoms with van der Waals surface area (Å²) in [4.78, 5) is 12.2. The molecule has 0 unspecified atom stereocenters. The van der Waals surface area contributed by atoms with Crippen LogP contribution < -0.4 is 9.62 Å². The number of para-hydroxylation sites is 1. The van der Waals surface area contributed by atoms with Crippen molar-refractivity contribution in [2.24, 2.45) is 0 Å². The van der Waals surface area contributed by atoms with Crippen molar-refractivity contribution in [3.05, 3.63) is 65.2 Å². The van der Waals surface area contributed by atoms with Crippen molar-refractivity contribution in [2.75, 3.05) is 17.1 Å². The van der Waals surface area contributed by atoms with E-state index in [1.165, 1.54) is 10.6 Å². The van der Waals surface area contributed by atoms with Crippen LogP contribution in [0.15, 0.2) is 48.5 Å². The number of sulfonamides is 1. The number of nitrogens with one attached hydrogen (secondary N) is 1. The highest BCUT2D eigenvalue weighted by Crippen LogP contribution is 2.23. The number of aryl methyl sites for hydroxylation is 2. The number of amides is 1. The van der Waals surface area contributed by atoms with E-state index in [1.807, 2.05) is 56.3 Å². The standard InChI is InChI=1S/C20H26N2O3S/c1-4-17-10-7-8-12-19(17)22(26(3,24)25)14-13-20(23)21-15-18-11-6-5-9-16(18)2/h5-12H,4,13-15H2,1-3H3,(H,21,23). The largest absolute Gasteiger partial charge is 0.352 e. The Labute approximate surface area is 156 Å². The van der Waals surface area contributed by atoms with E-state index in [0.717, 1.165) is 23.1 Å². The molecule has 0 aliphatic heterocycles. The predicted molar refractivity (Wildman–Crippen MR) is 106 cm³/mol. The van der Waals surface area contributed by atoms with Gasteiger partial charge in [-0.15, -0.1) is 0 Å². The van der Waals surface area contributed by atoms with Crippen molar-refractivity contribution < 1.29 is 13.2 Å². The third kappa shape index (κ3) is 5.33. The molecule has 0 saturated carbocycles. The molecule has 2 rings (SSSR count). The summed E-state index contributed by atoms with van der Waals surface area (Å²) in [6.07, 6.45) is 2.00. The molecule has 0 atom stereocenters. The fraction of sp³-hybridized carbons (Fsp3) is 0.350. The van der Waals surface area contributed by atoms with Crippen LogP contribution in [0.25, 0.3) is 0 Å². The van der Waals surface area contributed by atoms with Gasteiger partial charge >= 0.3 is 0 Å². The molecule has 26 heavy (non-hydrogen) atoms. The van der Waals surface area contributed by atoms with Gasteiger partial charge in [0.25, 0.3) is 0 Å². The Bertz CT molecular complexity index is 863. The number of hydrogen-bond acceptors (Lipinski definition) is 3. The van der Waals surface area contributed by atoms with E-state index in [-0.39, 0.29) is 18.9 Å². The maximum absolute atomic E-state index is 12.2. The monoisotopic (exact) mass is 374 g/mol. The van der Waals surface area contributed by atoms with Gasteiger partial charge in [0, 0.05) is 19.5 Å². The third-order valence-corrected chi connectivity index (χ3v) is 5.50. The highest BCUT2D eigenvalue weighted by atomic mass is 32.2. The molecule has 5 nitrogen and oxygen atoms in total. The van der Waals surface area contributed by atoms with Gasteiger partial charge in [-0.05, 0) is 36.1 Å². The smallest absolute Gasteiger partial charge is 0.232 e. The van der Waals surface area contributed by atoms with Crippen LogP contribution in [0.2, 0.25) is 0 Å². The number of carbonyl (C=O) groups excluding carboxylic acids is 1. The minimum atomic E-state index is -3.47. The zero-order valence-corrected chi connectivity index (χ0v) is 16.3. The molecule has 0 radical (unpaired) electrons. The van der Waals surface area contributed by atoms with E-state index in [0.29, 0.717) is 12.2 Å². The molecule has 6 heteroatoms. The highest BCUT2D eigenvalue weighted by Gasteiger charge is 2.20. The van der Waals surface area contributed by atoms with Gasteiger partial charge in [-0.3, -0.25) is 9.10 Å². The van der Waals surface area contributed by atoms with Crippen LogP contribution in [-0.2, 0) is 27.8 Å². The summed E-state index contributed by atoms with van der Waals surface area (Å²) in [6, 6.07) is 15.2. The van der Waals surface area contributed by atoms with Gasteiger partial charge in [0.2, 0.25) is 15.9 Å². The average Bonchev–Trinajstić information content (AvgIpc) is 2.60. The zero-order valence-electron chi connectivity index (χ0n) is 15.5. The molecule has 140 valence electrons. The summed E-state index contributed by atoms with van der Waals surface area (Å²) in [5, 5.41) is 2.87. The topological polar surface area (TPSA) is 66.5 Å². The number of anilines is 1. The van der Waals surface area contributed by atoms with Crippen molar-refractivity contribution in [1.82, 2.24) is 5.32 Å². The first-order chi connectivity index (χ1) is 12.3. The highest BCUT2D eigenvalue weighted by molar-refractivity contribution is 7.92. The maximum Gasteiger partial charge on any atom is 0.232 e. The van der Waals surface area contributed by atoms with E-state index in [9.17, 15) is 13.2 Å². The lowest BCUT2D eigenvalue weighted by Crippen LogP contribution is -2.35. The maximum atomic E-state index is 12.2. The molecule has 0 aromatic heterocycles. The minimum Gasteiger partial charge on any atom is -0.352 e. The van der Waals surface area contributed by atoms with Crippen molar-refractivity contribution in [3.8, 4) is 0 Å². The van der Waals surface area contributed by atoms with Crippen LogP contribution in [0, 0.1) is 6.92 Å². The van der Waals surface area contributed by atoms with Crippen LogP contribution >= 0.6 is 0 Å². The second-order valence-electron chi connectivity index (χ2n) is 6.27. The molecule has 2 aromatic rings. The van der Waals surface area contributed by atoms with Gasteiger partial charge < -0.3 is 5.32 Å². The summed E-state index contributed by atoms with van der Waals surface area (Å²) in [5.41, 5.74) is 3.75. The van der Waals surface area contributed by atoms with Gasteiger partial charge in [-0.1, -0.05) is 49.4 Å². The summed E-state index contributed by atoms with van der Waals surface area (Å²) in [7, 11) is -3.47. The third-order valence-electron chi connectivity index (χ3n) is 4.32. The molecule has 0 spiro atoms. The van der Waals surface area contributed by atoms with E-state index in [2.05, 4.69) is 5.32 Å². The molecule has 1 amide bonds. The lowest BCUT2D eigenvalue weighted by molar-refractivity contribution is -0.121. The van der Waals surface area contributed by atoms with Gasteiger partial charge in [0.15, 0.2) is 0 Å². The lowest BCUT2D eigenvalue weighted by atomic mass is 10.1. The first kappa shape index (κ1) is 20.0. The fourth-order valence-corrected chi connectivity index (χ4v) is 3.77. The van der Waals surface area contributed by atoms with Gasteiger partial charge in [-0.25, -0.2) is 8.42 Å². The van der Waals surface area contributed by atoms with E-state index < -0.39 is 10.0 Å². The first-order valence-corrected chi connectivity index (χ1v) is 10.5. The van der Waals surface area contributed by atoms with E-state index in [4.69, 9.17) is 0 Å². The number of nitrogens with zero attached hydrogens (tertiary/aromatic N) is 1. The second kappa shape index (κ2) is 8.85. The number of benzene rings is 2. The SMILES string of the molecule is CCc1ccccc1N(CCC(=O)NCc1ccccc1C)S(C)(=O)=O. The van der Waals surface area contributed by atoms with Gasteiger partial charge in [0.05, 0.1) is 11.9 Å². The molecule has 0 fully saturated rings. The zero-order chi connectivity index (χ0) is 19.2. The Morgan fingerprint density at radius 3 is 2.27 bits per heavy atom. The van der Waals surface area contributed by atoms with Crippen LogP contribution in [0.4, 0.5) is 5.69 Å². The predicted octanol–water partition coefficient (Wildman–Crippen LogP) is 3.03. The molecular weight excluding hydrogens is 348 g/mol. The molecular formula is C20H26N2O3S. The molecule has 0 aliphatic rings. The summed E-state index contributed by atoms with van der Waals surface area (Å²) < 4.78 is 25.8. The Balaban J connectivity index is 2.04. The van der Waals surface area contributed by atoms with Crippen LogP contribution in [-0.4, -0.2) is 27.1 Å². The van der Waals surface area contributed by atoms with Crippen molar-refractivity contribution in [3.63, 3.8) is 0 Å². The summed E-state index contributed by atoms with van der Waals surface area (Å²) in [6.45, 7) is 4.54. The molecule has 0 heterocycles. The number of rotatable bonds is 8. The Morgan fingerprint density at radius 1 is 1.04 bits per heavy atom. The van der Waals surface area contributed by atoms with Crippen molar-refractivity contribution >= 4 is 21.6 Å². The van der Waals surface area contributed by atoms with Crippen molar-refractivity contribution in [1.29, 1.82) is 0 Å². The van der Waals surface area contributed by atoms with Crippen LogP contribution in [0.1, 0.15) is 30.0 Å². The lowest BCUT2D eigenvalue weighted by Gasteiger charge is -2.24. The van der Waals surface area contributed by atoms with Crippen molar-refractivity contribution in [2.45, 2.75) is 33.2 Å². The number of hydrogen-bond donors (Lipinski definition) is 1. The van der Waals surface area contributed by atoms with Crippen LogP contribution in [0.3, 0.4) is 0 Å². The minimum absolute atomic E-state index is 0.108. The summed E-state index contributed by atoms with van der Waals surface area (Å²) >= 11 is 0. The number of carbonyl (C=O) groups is 1. The molecule has 0 saturated heterocycles.